The Balaban J connectivity index is 1.19. The largest absolute Gasteiger partial charge is 0.309 e. The van der Waals surface area contributed by atoms with E-state index in [2.05, 4.69) is 205 Å². The number of hydrogen-bond donors (Lipinski definition) is 0. The third kappa shape index (κ3) is 5.33. The molecule has 10 rings (SSSR count). The molecule has 0 saturated carbocycles. The number of anilines is 3. The van der Waals surface area contributed by atoms with Crippen molar-refractivity contribution in [1.29, 1.82) is 0 Å². The Bertz CT molecular complexity index is 2880. The zero-order chi connectivity index (χ0) is 34.4. The number of fused-ring (bicyclic) bond motifs is 5. The minimum absolute atomic E-state index is 1.12. The van der Waals surface area contributed by atoms with E-state index in [1.165, 1.54) is 80.8 Å². The molecule has 9 aromatic carbocycles. The van der Waals surface area contributed by atoms with E-state index in [4.69, 9.17) is 0 Å². The first-order valence-corrected chi connectivity index (χ1v) is 18.6. The standard InChI is InChI=1S/C50H33NS/c1-2-11-34(12-3-1)36-23-27-42(28-24-36)51(43-29-25-38(26-30-43)45-19-10-16-37-14-6-7-17-44(37)45)48-33-41(40-22-21-35-13-4-5-15-39(35)31-40)32-47-46-18-8-9-20-49(46)52-50(47)48/h1-33H. The van der Waals surface area contributed by atoms with Crippen LogP contribution in [0, 0.1) is 0 Å². The molecule has 1 nitrogen and oxygen atoms in total. The molecule has 0 N–H and O–H groups in total. The van der Waals surface area contributed by atoms with Crippen molar-refractivity contribution in [2.45, 2.75) is 0 Å². The molecule has 244 valence electrons. The molecule has 0 aliphatic rings. The summed E-state index contributed by atoms with van der Waals surface area (Å²) in [6, 6.07) is 73.0. The van der Waals surface area contributed by atoms with E-state index in [0.717, 1.165) is 11.4 Å². The van der Waals surface area contributed by atoms with Crippen LogP contribution in [0.4, 0.5) is 17.1 Å². The van der Waals surface area contributed by atoms with E-state index in [1.54, 1.807) is 0 Å². The van der Waals surface area contributed by atoms with E-state index in [1.807, 2.05) is 11.3 Å². The molecule has 0 aliphatic heterocycles. The lowest BCUT2D eigenvalue weighted by Gasteiger charge is -2.27. The molecule has 0 atom stereocenters. The Morgan fingerprint density at radius 3 is 1.71 bits per heavy atom. The smallest absolute Gasteiger partial charge is 0.0646 e. The lowest BCUT2D eigenvalue weighted by molar-refractivity contribution is 1.30. The maximum Gasteiger partial charge on any atom is 0.0646 e. The van der Waals surface area contributed by atoms with Crippen LogP contribution < -0.4 is 4.90 Å². The Labute approximate surface area is 307 Å². The van der Waals surface area contributed by atoms with Gasteiger partial charge in [0.1, 0.15) is 0 Å². The van der Waals surface area contributed by atoms with Gasteiger partial charge in [-0.25, -0.2) is 0 Å². The van der Waals surface area contributed by atoms with Crippen LogP contribution >= 0.6 is 11.3 Å². The summed E-state index contributed by atoms with van der Waals surface area (Å²) in [6.07, 6.45) is 0. The first-order chi connectivity index (χ1) is 25.8. The van der Waals surface area contributed by atoms with Crippen LogP contribution in [0.25, 0.3) is 75.1 Å². The van der Waals surface area contributed by atoms with Crippen molar-refractivity contribution in [3.63, 3.8) is 0 Å². The second-order valence-corrected chi connectivity index (χ2v) is 14.4. The predicted molar refractivity (Wildman–Crippen MR) is 225 cm³/mol. The molecular weight excluding hydrogens is 647 g/mol. The van der Waals surface area contributed by atoms with Crippen molar-refractivity contribution in [3.8, 4) is 33.4 Å². The summed E-state index contributed by atoms with van der Waals surface area (Å²) in [6.45, 7) is 0. The second kappa shape index (κ2) is 12.7. The maximum atomic E-state index is 2.45. The van der Waals surface area contributed by atoms with Crippen LogP contribution in [0.1, 0.15) is 0 Å². The van der Waals surface area contributed by atoms with Gasteiger partial charge in [-0.05, 0) is 103 Å². The molecule has 1 heterocycles. The second-order valence-electron chi connectivity index (χ2n) is 13.4. The van der Waals surface area contributed by atoms with Gasteiger partial charge in [0, 0.05) is 26.8 Å². The Morgan fingerprint density at radius 1 is 0.327 bits per heavy atom. The summed E-state index contributed by atoms with van der Waals surface area (Å²) < 4.78 is 2.57. The monoisotopic (exact) mass is 679 g/mol. The van der Waals surface area contributed by atoms with Crippen molar-refractivity contribution in [2.24, 2.45) is 0 Å². The molecule has 0 amide bonds. The fraction of sp³-hybridized carbons (Fsp3) is 0. The van der Waals surface area contributed by atoms with Gasteiger partial charge in [-0.1, -0.05) is 152 Å². The third-order valence-electron chi connectivity index (χ3n) is 10.2. The van der Waals surface area contributed by atoms with Gasteiger partial charge in [0.25, 0.3) is 0 Å². The molecular formula is C50H33NS. The zero-order valence-electron chi connectivity index (χ0n) is 28.4. The molecule has 0 saturated heterocycles. The summed E-state index contributed by atoms with van der Waals surface area (Å²) in [5.41, 5.74) is 10.7. The molecule has 0 spiro atoms. The average Bonchev–Trinajstić information content (AvgIpc) is 3.60. The SMILES string of the molecule is c1ccc(-c2ccc(N(c3ccc(-c4cccc5ccccc45)cc3)c3cc(-c4ccc5ccccc5c4)cc4c3sc3ccccc34)cc2)cc1. The first-order valence-electron chi connectivity index (χ1n) is 17.8. The molecule has 0 fully saturated rings. The third-order valence-corrected chi connectivity index (χ3v) is 11.5. The molecule has 0 unspecified atom stereocenters. The number of benzene rings is 9. The van der Waals surface area contributed by atoms with Gasteiger partial charge in [-0.15, -0.1) is 11.3 Å². The molecule has 0 bridgehead atoms. The lowest BCUT2D eigenvalue weighted by atomic mass is 9.97. The molecule has 0 aliphatic carbocycles. The van der Waals surface area contributed by atoms with Gasteiger partial charge in [-0.2, -0.15) is 0 Å². The number of thiophene rings is 1. The van der Waals surface area contributed by atoms with Gasteiger partial charge < -0.3 is 4.90 Å². The van der Waals surface area contributed by atoms with Crippen LogP contribution in [0.15, 0.2) is 200 Å². The van der Waals surface area contributed by atoms with E-state index in [-0.39, 0.29) is 0 Å². The minimum Gasteiger partial charge on any atom is -0.309 e. The summed E-state index contributed by atoms with van der Waals surface area (Å²) in [5, 5.41) is 7.58. The molecule has 52 heavy (non-hydrogen) atoms. The van der Waals surface area contributed by atoms with Gasteiger partial charge in [0.15, 0.2) is 0 Å². The van der Waals surface area contributed by atoms with Gasteiger partial charge in [-0.3, -0.25) is 0 Å². The van der Waals surface area contributed by atoms with Crippen molar-refractivity contribution in [3.05, 3.63) is 200 Å². The van der Waals surface area contributed by atoms with Crippen molar-refractivity contribution in [1.82, 2.24) is 0 Å². The molecule has 10 aromatic rings. The highest BCUT2D eigenvalue weighted by Crippen LogP contribution is 2.47. The fourth-order valence-corrected chi connectivity index (χ4v) is 8.83. The Kier molecular flexibility index (Phi) is 7.41. The van der Waals surface area contributed by atoms with Crippen molar-refractivity contribution >= 4 is 70.1 Å². The highest BCUT2D eigenvalue weighted by Gasteiger charge is 2.20. The topological polar surface area (TPSA) is 3.24 Å². The normalized spacial score (nSPS) is 11.5. The van der Waals surface area contributed by atoms with E-state index < -0.39 is 0 Å². The van der Waals surface area contributed by atoms with Crippen LogP contribution in [-0.2, 0) is 0 Å². The highest BCUT2D eigenvalue weighted by atomic mass is 32.1. The summed E-state index contributed by atoms with van der Waals surface area (Å²) in [5.74, 6) is 0. The van der Waals surface area contributed by atoms with Crippen LogP contribution in [0.5, 0.6) is 0 Å². The Hall–Kier alpha value is -6.48. The van der Waals surface area contributed by atoms with Gasteiger partial charge >= 0.3 is 0 Å². The number of hydrogen-bond acceptors (Lipinski definition) is 2. The lowest BCUT2D eigenvalue weighted by Crippen LogP contribution is -2.10. The van der Waals surface area contributed by atoms with Crippen molar-refractivity contribution < 1.29 is 0 Å². The number of rotatable bonds is 6. The van der Waals surface area contributed by atoms with E-state index >= 15 is 0 Å². The van der Waals surface area contributed by atoms with Gasteiger partial charge in [0.05, 0.1) is 10.4 Å². The van der Waals surface area contributed by atoms with Crippen LogP contribution in [-0.4, -0.2) is 0 Å². The van der Waals surface area contributed by atoms with E-state index in [9.17, 15) is 0 Å². The van der Waals surface area contributed by atoms with Crippen LogP contribution in [0.2, 0.25) is 0 Å². The summed E-state index contributed by atoms with van der Waals surface area (Å²) >= 11 is 1.87. The predicted octanol–water partition coefficient (Wildman–Crippen LogP) is 14.8. The van der Waals surface area contributed by atoms with Gasteiger partial charge in [0.2, 0.25) is 0 Å². The minimum atomic E-state index is 1.12. The van der Waals surface area contributed by atoms with Crippen LogP contribution in [0.3, 0.4) is 0 Å². The highest BCUT2D eigenvalue weighted by molar-refractivity contribution is 7.26. The maximum absolute atomic E-state index is 2.45. The fourth-order valence-electron chi connectivity index (χ4n) is 7.64. The van der Waals surface area contributed by atoms with Crippen molar-refractivity contribution in [2.75, 3.05) is 4.90 Å². The number of nitrogens with zero attached hydrogens (tertiary/aromatic N) is 1. The van der Waals surface area contributed by atoms with E-state index in [0.29, 0.717) is 0 Å². The quantitative estimate of drug-likeness (QED) is 0.169. The first kappa shape index (κ1) is 30.4. The summed E-state index contributed by atoms with van der Waals surface area (Å²) in [4.78, 5) is 2.45. The molecule has 1 aromatic heterocycles. The zero-order valence-corrected chi connectivity index (χ0v) is 29.2. The molecule has 0 radical (unpaired) electrons. The summed E-state index contributed by atoms with van der Waals surface area (Å²) in [7, 11) is 0. The Morgan fingerprint density at radius 2 is 0.923 bits per heavy atom. The average molecular weight is 680 g/mol. The molecule has 2 heteroatoms.